The quantitative estimate of drug-likeness (QED) is 0.798. The lowest BCUT2D eigenvalue weighted by Crippen LogP contribution is -2.42. The summed E-state index contributed by atoms with van der Waals surface area (Å²) in [6, 6.07) is 0. The van der Waals surface area contributed by atoms with Gasteiger partial charge in [-0.3, -0.25) is 4.79 Å². The Kier molecular flexibility index (Phi) is 3.28. The second-order valence-corrected chi connectivity index (χ2v) is 4.99. The van der Waals surface area contributed by atoms with Gasteiger partial charge in [-0.1, -0.05) is 11.3 Å². The zero-order valence-corrected chi connectivity index (χ0v) is 10.1. The summed E-state index contributed by atoms with van der Waals surface area (Å²) in [7, 11) is 1.68. The van der Waals surface area contributed by atoms with E-state index in [-0.39, 0.29) is 11.8 Å². The summed E-state index contributed by atoms with van der Waals surface area (Å²) in [5.74, 6) is 0.193. The van der Waals surface area contributed by atoms with Crippen LogP contribution in [0.4, 0.5) is 10.1 Å². The average Bonchev–Trinajstić information content (AvgIpc) is 2.75. The number of aromatic nitrogens is 1. The van der Waals surface area contributed by atoms with Crippen molar-refractivity contribution in [3.8, 4) is 0 Å². The average molecular weight is 240 g/mol. The van der Waals surface area contributed by atoms with Crippen LogP contribution in [0, 0.1) is 5.92 Å². The molecule has 1 aromatic rings. The van der Waals surface area contributed by atoms with E-state index in [1.165, 1.54) is 11.3 Å². The molecule has 2 rings (SSSR count). The van der Waals surface area contributed by atoms with Crippen molar-refractivity contribution in [2.24, 2.45) is 5.92 Å². The van der Waals surface area contributed by atoms with E-state index in [1.807, 2.05) is 0 Å². The number of nitrogens with two attached hydrogens (primary N) is 1. The van der Waals surface area contributed by atoms with E-state index in [1.54, 1.807) is 13.2 Å². The number of rotatable bonds is 2. The highest BCUT2D eigenvalue weighted by Gasteiger charge is 2.26. The van der Waals surface area contributed by atoms with E-state index in [2.05, 4.69) is 15.2 Å². The summed E-state index contributed by atoms with van der Waals surface area (Å²) < 4.78 is 0. The van der Waals surface area contributed by atoms with E-state index in [4.69, 9.17) is 5.73 Å². The first-order valence-electron chi connectivity index (χ1n) is 5.38. The minimum absolute atomic E-state index is 0.0730. The van der Waals surface area contributed by atoms with Crippen LogP contribution in [-0.4, -0.2) is 31.0 Å². The van der Waals surface area contributed by atoms with Crippen LogP contribution in [0.25, 0.3) is 0 Å². The summed E-state index contributed by atoms with van der Waals surface area (Å²) >= 11 is 1.48. The van der Waals surface area contributed by atoms with Crippen molar-refractivity contribution in [1.82, 2.24) is 10.3 Å². The van der Waals surface area contributed by atoms with Crippen LogP contribution in [0.3, 0.4) is 0 Å². The zero-order valence-electron chi connectivity index (χ0n) is 9.27. The molecule has 0 aromatic carbocycles. The number of nitrogens with zero attached hydrogens (tertiary/aromatic N) is 2. The summed E-state index contributed by atoms with van der Waals surface area (Å²) in [5, 5.41) is 4.35. The molecule has 1 aliphatic rings. The van der Waals surface area contributed by atoms with Crippen molar-refractivity contribution >= 4 is 27.4 Å². The molecule has 0 saturated carbocycles. The molecule has 1 fully saturated rings. The standard InChI is InChI=1S/C10H16N4OS/c1-12-9(15)7-3-2-4-14(6-7)10-13-5-8(11)16-10/h5,7H,2-4,6,11H2,1H3,(H,12,15). The Morgan fingerprint density at radius 1 is 1.75 bits per heavy atom. The van der Waals surface area contributed by atoms with Gasteiger partial charge < -0.3 is 16.0 Å². The molecule has 5 nitrogen and oxygen atoms in total. The second-order valence-electron chi connectivity index (χ2n) is 3.94. The summed E-state index contributed by atoms with van der Waals surface area (Å²) in [6.07, 6.45) is 3.65. The molecular formula is C10H16N4OS. The van der Waals surface area contributed by atoms with Crippen molar-refractivity contribution in [3.63, 3.8) is 0 Å². The third-order valence-electron chi connectivity index (χ3n) is 2.82. The van der Waals surface area contributed by atoms with Crippen molar-refractivity contribution in [2.75, 3.05) is 30.8 Å². The van der Waals surface area contributed by atoms with E-state index in [9.17, 15) is 4.79 Å². The highest BCUT2D eigenvalue weighted by atomic mass is 32.1. The van der Waals surface area contributed by atoms with E-state index in [0.717, 1.165) is 36.1 Å². The number of nitrogen functional groups attached to an aromatic ring is 1. The molecule has 0 radical (unpaired) electrons. The molecule has 1 aromatic heterocycles. The Bertz CT molecular complexity index is 379. The highest BCUT2D eigenvalue weighted by molar-refractivity contribution is 7.19. The maximum absolute atomic E-state index is 11.6. The van der Waals surface area contributed by atoms with Crippen molar-refractivity contribution < 1.29 is 4.79 Å². The molecular weight excluding hydrogens is 224 g/mol. The zero-order chi connectivity index (χ0) is 11.5. The van der Waals surface area contributed by atoms with E-state index in [0.29, 0.717) is 0 Å². The molecule has 1 atom stereocenters. The van der Waals surface area contributed by atoms with Crippen LogP contribution < -0.4 is 16.0 Å². The van der Waals surface area contributed by atoms with Crippen LogP contribution >= 0.6 is 11.3 Å². The van der Waals surface area contributed by atoms with E-state index >= 15 is 0 Å². The largest absolute Gasteiger partial charge is 0.389 e. The molecule has 1 unspecified atom stereocenters. The summed E-state index contributed by atoms with van der Waals surface area (Å²) in [4.78, 5) is 18.0. The lowest BCUT2D eigenvalue weighted by atomic mass is 9.98. The van der Waals surface area contributed by atoms with Gasteiger partial charge in [-0.05, 0) is 12.8 Å². The fourth-order valence-electron chi connectivity index (χ4n) is 1.99. The molecule has 1 amide bonds. The smallest absolute Gasteiger partial charge is 0.224 e. The number of hydrogen-bond acceptors (Lipinski definition) is 5. The molecule has 3 N–H and O–H groups in total. The fraction of sp³-hybridized carbons (Fsp3) is 0.600. The number of nitrogens with one attached hydrogen (secondary N) is 1. The van der Waals surface area contributed by atoms with Crippen molar-refractivity contribution in [2.45, 2.75) is 12.8 Å². The van der Waals surface area contributed by atoms with Crippen LogP contribution in [0.1, 0.15) is 12.8 Å². The minimum Gasteiger partial charge on any atom is -0.389 e. The SMILES string of the molecule is CNC(=O)C1CCCN(c2ncc(N)s2)C1. The third kappa shape index (κ3) is 2.27. The van der Waals surface area contributed by atoms with Gasteiger partial charge in [0.1, 0.15) is 5.00 Å². The van der Waals surface area contributed by atoms with E-state index < -0.39 is 0 Å². The Morgan fingerprint density at radius 3 is 3.19 bits per heavy atom. The normalized spacial score (nSPS) is 20.8. The van der Waals surface area contributed by atoms with Gasteiger partial charge in [0.05, 0.1) is 12.1 Å². The van der Waals surface area contributed by atoms with Crippen LogP contribution in [0.5, 0.6) is 0 Å². The Balaban J connectivity index is 2.04. The van der Waals surface area contributed by atoms with Gasteiger partial charge in [0.2, 0.25) is 5.91 Å². The van der Waals surface area contributed by atoms with Gasteiger partial charge in [0.15, 0.2) is 5.13 Å². The molecule has 1 saturated heterocycles. The Morgan fingerprint density at radius 2 is 2.56 bits per heavy atom. The first kappa shape index (κ1) is 11.2. The number of hydrogen-bond donors (Lipinski definition) is 2. The monoisotopic (exact) mass is 240 g/mol. The molecule has 2 heterocycles. The molecule has 16 heavy (non-hydrogen) atoms. The van der Waals surface area contributed by atoms with Gasteiger partial charge in [-0.15, -0.1) is 0 Å². The van der Waals surface area contributed by atoms with Gasteiger partial charge in [-0.25, -0.2) is 4.98 Å². The van der Waals surface area contributed by atoms with Crippen LogP contribution in [0.2, 0.25) is 0 Å². The third-order valence-corrected chi connectivity index (χ3v) is 3.71. The topological polar surface area (TPSA) is 71.2 Å². The lowest BCUT2D eigenvalue weighted by Gasteiger charge is -2.31. The second kappa shape index (κ2) is 4.69. The van der Waals surface area contributed by atoms with Gasteiger partial charge >= 0.3 is 0 Å². The number of carbonyl (C=O) groups excluding carboxylic acids is 1. The predicted octanol–water partition coefficient (Wildman–Crippen LogP) is 0.688. The van der Waals surface area contributed by atoms with Crippen molar-refractivity contribution in [3.05, 3.63) is 6.20 Å². The summed E-state index contributed by atoms with van der Waals surface area (Å²) in [6.45, 7) is 1.70. The molecule has 88 valence electrons. The Labute approximate surface area is 98.7 Å². The first-order valence-corrected chi connectivity index (χ1v) is 6.20. The number of carbonyl (C=O) groups is 1. The molecule has 1 aliphatic heterocycles. The van der Waals surface area contributed by atoms with Crippen LogP contribution in [0.15, 0.2) is 6.20 Å². The lowest BCUT2D eigenvalue weighted by molar-refractivity contribution is -0.124. The minimum atomic E-state index is 0.0730. The maximum Gasteiger partial charge on any atom is 0.224 e. The number of piperidine rings is 1. The highest BCUT2D eigenvalue weighted by Crippen LogP contribution is 2.28. The predicted molar refractivity (Wildman–Crippen MR) is 65.5 cm³/mol. The van der Waals surface area contributed by atoms with Crippen LogP contribution in [-0.2, 0) is 4.79 Å². The fourth-order valence-corrected chi connectivity index (χ4v) is 2.71. The van der Waals surface area contributed by atoms with Gasteiger partial charge in [-0.2, -0.15) is 0 Å². The first-order chi connectivity index (χ1) is 7.70. The molecule has 0 bridgehead atoms. The number of amides is 1. The van der Waals surface area contributed by atoms with Crippen molar-refractivity contribution in [1.29, 1.82) is 0 Å². The molecule has 6 heteroatoms. The maximum atomic E-state index is 11.6. The van der Waals surface area contributed by atoms with Gasteiger partial charge in [0, 0.05) is 20.1 Å². The van der Waals surface area contributed by atoms with Gasteiger partial charge in [0.25, 0.3) is 0 Å². The summed E-state index contributed by atoms with van der Waals surface area (Å²) in [5.41, 5.74) is 5.66. The number of anilines is 2. The molecule has 0 aliphatic carbocycles. The number of thiazole rings is 1. The Hall–Kier alpha value is -1.30. The molecule has 0 spiro atoms.